The van der Waals surface area contributed by atoms with Gasteiger partial charge in [-0.05, 0) is 48.8 Å². The van der Waals surface area contributed by atoms with Crippen LogP contribution in [-0.2, 0) is 32.1 Å². The highest BCUT2D eigenvalue weighted by Gasteiger charge is 2.20. The van der Waals surface area contributed by atoms with Crippen molar-refractivity contribution in [2.24, 2.45) is 0 Å². The molecular weight excluding hydrogens is 461 g/mol. The largest absolute Gasteiger partial charge is 0.465 e. The predicted molar refractivity (Wildman–Crippen MR) is 134 cm³/mol. The Morgan fingerprint density at radius 2 is 1.61 bits per heavy atom. The zero-order valence-corrected chi connectivity index (χ0v) is 20.9. The second kappa shape index (κ2) is 14.2. The summed E-state index contributed by atoms with van der Waals surface area (Å²) in [5, 5.41) is 0.702. The average molecular weight is 492 g/mol. The van der Waals surface area contributed by atoms with Crippen molar-refractivity contribution in [3.8, 4) is 0 Å². The smallest absolute Gasteiger partial charge is 0.341 e. The van der Waals surface area contributed by atoms with Gasteiger partial charge in [-0.1, -0.05) is 67.4 Å². The maximum Gasteiger partial charge on any atom is 0.341 e. The van der Waals surface area contributed by atoms with Crippen molar-refractivity contribution in [1.29, 1.82) is 0 Å². The molecule has 33 heavy (non-hydrogen) atoms. The molecule has 0 radical (unpaired) electrons. The van der Waals surface area contributed by atoms with Crippen molar-refractivity contribution in [3.63, 3.8) is 0 Å². The van der Waals surface area contributed by atoms with E-state index < -0.39 is 5.97 Å². The summed E-state index contributed by atoms with van der Waals surface area (Å²) in [5.74, 6) is -1.06. The number of Topliss-reactive ketones (excluding diaryl/α,β-unsaturated/α-hetero) is 1. The van der Waals surface area contributed by atoms with Crippen molar-refractivity contribution >= 4 is 41.0 Å². The minimum atomic E-state index is -0.719. The number of benzene rings is 2. The predicted octanol–water partition coefficient (Wildman–Crippen LogP) is 5.61. The van der Waals surface area contributed by atoms with Crippen LogP contribution in [0.25, 0.3) is 6.08 Å². The summed E-state index contributed by atoms with van der Waals surface area (Å²) in [6.45, 7) is 8.25. The lowest BCUT2D eigenvalue weighted by atomic mass is 9.98. The highest BCUT2D eigenvalue weighted by molar-refractivity contribution is 6.37. The minimum Gasteiger partial charge on any atom is -0.465 e. The molecule has 0 unspecified atom stereocenters. The Bertz CT molecular complexity index is 950. The van der Waals surface area contributed by atoms with E-state index in [-0.39, 0.29) is 17.8 Å². The van der Waals surface area contributed by atoms with Gasteiger partial charge in [0.05, 0.1) is 20.3 Å². The minimum absolute atomic E-state index is 0.0829. The number of hydrogen-bond donors (Lipinski definition) is 0. The topological polar surface area (TPSA) is 55.8 Å². The molecule has 2 aromatic carbocycles. The Labute approximate surface area is 206 Å². The molecule has 0 saturated carbocycles. The molecule has 0 heterocycles. The van der Waals surface area contributed by atoms with Crippen molar-refractivity contribution in [2.75, 3.05) is 33.4 Å². The molecule has 0 amide bonds. The zero-order chi connectivity index (χ0) is 24.2. The fourth-order valence-electron chi connectivity index (χ4n) is 3.40. The van der Waals surface area contributed by atoms with Gasteiger partial charge in [-0.3, -0.25) is 4.79 Å². The number of halogens is 2. The van der Waals surface area contributed by atoms with Crippen LogP contribution in [0.4, 0.5) is 0 Å². The van der Waals surface area contributed by atoms with Gasteiger partial charge in [0.25, 0.3) is 0 Å². The summed E-state index contributed by atoms with van der Waals surface area (Å²) in [4.78, 5) is 27.6. The van der Waals surface area contributed by atoms with Crippen LogP contribution in [0.5, 0.6) is 0 Å². The van der Waals surface area contributed by atoms with E-state index in [2.05, 4.69) is 18.7 Å². The monoisotopic (exact) mass is 491 g/mol. The average Bonchev–Trinajstić information content (AvgIpc) is 2.82. The lowest BCUT2D eigenvalue weighted by Gasteiger charge is -2.18. The third-order valence-corrected chi connectivity index (χ3v) is 6.10. The van der Waals surface area contributed by atoms with Crippen molar-refractivity contribution in [3.05, 3.63) is 74.8 Å². The van der Waals surface area contributed by atoms with Crippen LogP contribution in [0, 0.1) is 0 Å². The Morgan fingerprint density at radius 3 is 2.21 bits per heavy atom. The second-order valence-corrected chi connectivity index (χ2v) is 8.27. The number of rotatable bonds is 13. The molecule has 2 aromatic rings. The number of carbonyl (C=O) groups excluding carboxylic acids is 2. The Hall–Kier alpha value is -2.18. The lowest BCUT2D eigenvalue weighted by molar-refractivity contribution is -0.137. The fourth-order valence-corrected chi connectivity index (χ4v) is 3.90. The standard InChI is InChI=1S/C26H31Cl2NO4/c1-4-29(5-2)15-16-33-18-20-10-7-6-9-19(20)13-14-25(30)22(26(31)32-3)17-21-23(27)11-8-12-24(21)28/h6-12,17H,4-5,13-16,18H2,1-3H3. The summed E-state index contributed by atoms with van der Waals surface area (Å²) in [6, 6.07) is 12.8. The third-order valence-electron chi connectivity index (χ3n) is 5.44. The van der Waals surface area contributed by atoms with Crippen LogP contribution in [0.3, 0.4) is 0 Å². The number of nitrogens with zero attached hydrogens (tertiary/aromatic N) is 1. The molecule has 0 bridgehead atoms. The third kappa shape index (κ3) is 8.27. The second-order valence-electron chi connectivity index (χ2n) is 7.46. The van der Waals surface area contributed by atoms with E-state index in [1.165, 1.54) is 13.2 Å². The summed E-state index contributed by atoms with van der Waals surface area (Å²) in [6.07, 6.45) is 2.01. The first-order valence-corrected chi connectivity index (χ1v) is 11.8. The molecule has 0 saturated heterocycles. The van der Waals surface area contributed by atoms with Crippen LogP contribution in [-0.4, -0.2) is 50.0 Å². The molecular formula is C26H31Cl2NO4. The van der Waals surface area contributed by atoms with Crippen LogP contribution in [0.1, 0.15) is 37.0 Å². The quantitative estimate of drug-likeness (QED) is 0.120. The van der Waals surface area contributed by atoms with Crippen molar-refractivity contribution < 1.29 is 19.1 Å². The zero-order valence-electron chi connectivity index (χ0n) is 19.4. The highest BCUT2D eigenvalue weighted by Crippen LogP contribution is 2.27. The Balaban J connectivity index is 2.09. The van der Waals surface area contributed by atoms with Crippen molar-refractivity contribution in [2.45, 2.75) is 33.3 Å². The number of ketones is 1. The summed E-state index contributed by atoms with van der Waals surface area (Å²) >= 11 is 12.4. The first kappa shape index (κ1) is 27.1. The van der Waals surface area contributed by atoms with Crippen LogP contribution >= 0.6 is 23.2 Å². The van der Waals surface area contributed by atoms with Gasteiger partial charge in [0.15, 0.2) is 5.78 Å². The van der Waals surface area contributed by atoms with Crippen LogP contribution in [0.15, 0.2) is 48.0 Å². The number of esters is 1. The number of hydrogen-bond acceptors (Lipinski definition) is 5. The molecule has 0 aliphatic rings. The fraction of sp³-hybridized carbons (Fsp3) is 0.385. The van der Waals surface area contributed by atoms with Crippen LogP contribution in [0.2, 0.25) is 10.0 Å². The number of ether oxygens (including phenoxy) is 2. The number of carbonyl (C=O) groups is 2. The van der Waals surface area contributed by atoms with E-state index in [1.54, 1.807) is 18.2 Å². The molecule has 5 nitrogen and oxygen atoms in total. The molecule has 0 fully saturated rings. The first-order chi connectivity index (χ1) is 15.9. The molecule has 2 rings (SSSR count). The summed E-state index contributed by atoms with van der Waals surface area (Å²) < 4.78 is 10.7. The van der Waals surface area contributed by atoms with E-state index in [0.717, 1.165) is 30.8 Å². The molecule has 0 aliphatic heterocycles. The molecule has 0 aromatic heterocycles. The van der Waals surface area contributed by atoms with Gasteiger partial charge >= 0.3 is 5.97 Å². The van der Waals surface area contributed by atoms with Gasteiger partial charge < -0.3 is 14.4 Å². The van der Waals surface area contributed by atoms with E-state index in [0.29, 0.717) is 35.2 Å². The molecule has 0 atom stereocenters. The molecule has 178 valence electrons. The van der Waals surface area contributed by atoms with Gasteiger partial charge in [0.2, 0.25) is 0 Å². The van der Waals surface area contributed by atoms with Gasteiger partial charge in [-0.25, -0.2) is 4.79 Å². The molecule has 0 spiro atoms. The lowest BCUT2D eigenvalue weighted by Crippen LogP contribution is -2.27. The summed E-state index contributed by atoms with van der Waals surface area (Å²) in [5.41, 5.74) is 2.37. The van der Waals surface area contributed by atoms with Gasteiger partial charge in [-0.2, -0.15) is 0 Å². The highest BCUT2D eigenvalue weighted by atomic mass is 35.5. The van der Waals surface area contributed by atoms with Crippen LogP contribution < -0.4 is 0 Å². The van der Waals surface area contributed by atoms with Gasteiger partial charge in [0, 0.05) is 28.6 Å². The van der Waals surface area contributed by atoms with Crippen molar-refractivity contribution in [1.82, 2.24) is 4.90 Å². The Kier molecular flexibility index (Phi) is 11.6. The first-order valence-electron chi connectivity index (χ1n) is 11.0. The maximum atomic E-state index is 13.0. The van der Waals surface area contributed by atoms with E-state index in [9.17, 15) is 9.59 Å². The maximum absolute atomic E-state index is 13.0. The van der Waals surface area contributed by atoms with E-state index in [4.69, 9.17) is 32.7 Å². The number of likely N-dealkylation sites (N-methyl/N-ethyl adjacent to an activating group) is 1. The van der Waals surface area contributed by atoms with E-state index in [1.807, 2.05) is 24.3 Å². The number of aryl methyl sites for hydroxylation is 1. The SMILES string of the molecule is CCN(CC)CCOCc1ccccc1CCC(=O)C(=Cc1c(Cl)cccc1Cl)C(=O)OC. The van der Waals surface area contributed by atoms with Gasteiger partial charge in [0.1, 0.15) is 5.57 Å². The van der Waals surface area contributed by atoms with E-state index >= 15 is 0 Å². The summed E-state index contributed by atoms with van der Waals surface area (Å²) in [7, 11) is 1.24. The van der Waals surface area contributed by atoms with Gasteiger partial charge in [-0.15, -0.1) is 0 Å². The Morgan fingerprint density at radius 1 is 0.970 bits per heavy atom. The molecule has 0 N–H and O–H groups in total. The molecule has 7 heteroatoms. The normalized spacial score (nSPS) is 11.6. The molecule has 0 aliphatic carbocycles. The number of methoxy groups -OCH3 is 1.